The summed E-state index contributed by atoms with van der Waals surface area (Å²) in [4.78, 5) is 28.1. The molecule has 2 heterocycles. The lowest BCUT2D eigenvalue weighted by Crippen LogP contribution is -2.75. The molecule has 3 aliphatic rings. The monoisotopic (exact) mass is 387 g/mol. The van der Waals surface area contributed by atoms with Crippen molar-refractivity contribution >= 4 is 24.2 Å². The maximum Gasteiger partial charge on any atom is 0.248 e. The van der Waals surface area contributed by atoms with E-state index in [4.69, 9.17) is 0 Å². The van der Waals surface area contributed by atoms with Gasteiger partial charge in [0.05, 0.1) is 6.10 Å². The third-order valence-electron chi connectivity index (χ3n) is 6.40. The highest BCUT2D eigenvalue weighted by atomic mass is 35.5. The summed E-state index contributed by atoms with van der Waals surface area (Å²) in [6.07, 6.45) is 7.72. The minimum absolute atomic E-state index is 0. The van der Waals surface area contributed by atoms with Crippen LogP contribution in [0.15, 0.2) is 0 Å². The zero-order chi connectivity index (χ0) is 17.9. The van der Waals surface area contributed by atoms with Crippen molar-refractivity contribution in [3.05, 3.63) is 0 Å². The molecule has 7 heteroatoms. The summed E-state index contributed by atoms with van der Waals surface area (Å²) in [6, 6.07) is -0.770. The molecular weight excluding hydrogens is 354 g/mol. The van der Waals surface area contributed by atoms with Gasteiger partial charge in [0, 0.05) is 6.54 Å². The Balaban J connectivity index is 0.00000243. The minimum Gasteiger partial charge on any atom is -0.390 e. The maximum atomic E-state index is 13.3. The van der Waals surface area contributed by atoms with Gasteiger partial charge in [0.2, 0.25) is 11.8 Å². The number of carbonyl (C=O) groups excluding carboxylic acids is 2. The van der Waals surface area contributed by atoms with E-state index in [2.05, 4.69) is 17.6 Å². The lowest BCUT2D eigenvalue weighted by molar-refractivity contribution is -0.164. The second-order valence-corrected chi connectivity index (χ2v) is 7.96. The van der Waals surface area contributed by atoms with E-state index in [-0.39, 0.29) is 30.1 Å². The zero-order valence-electron chi connectivity index (χ0n) is 15.8. The number of nitrogens with zero attached hydrogens (tertiary/aromatic N) is 1. The number of hydrogen-bond donors (Lipinski definition) is 3. The standard InChI is InChI=1S/C19H33N3O3.ClH/c1-2-3-13-22-17(24)15(16(23)14-7-5-4-6-8-14)21-18(25)19(22)9-11-20-12-10-19;/h14-16,20,23H,2-13H2,1H3,(H,21,25);1H/t15-,16-;/m0./s1. The van der Waals surface area contributed by atoms with Crippen LogP contribution >= 0.6 is 12.4 Å². The van der Waals surface area contributed by atoms with E-state index in [9.17, 15) is 14.7 Å². The Morgan fingerprint density at radius 3 is 2.46 bits per heavy atom. The number of rotatable bonds is 5. The first-order chi connectivity index (χ1) is 12.1. The van der Waals surface area contributed by atoms with Gasteiger partial charge in [-0.3, -0.25) is 9.59 Å². The number of nitrogens with one attached hydrogen (secondary N) is 2. The van der Waals surface area contributed by atoms with Crippen molar-refractivity contribution in [1.82, 2.24) is 15.5 Å². The van der Waals surface area contributed by atoms with Crippen LogP contribution in [0.1, 0.15) is 64.7 Å². The van der Waals surface area contributed by atoms with Crippen LogP contribution in [-0.4, -0.2) is 59.1 Å². The Morgan fingerprint density at radius 2 is 1.85 bits per heavy atom. The molecule has 3 N–H and O–H groups in total. The van der Waals surface area contributed by atoms with Crippen molar-refractivity contribution in [1.29, 1.82) is 0 Å². The maximum absolute atomic E-state index is 13.3. The molecule has 26 heavy (non-hydrogen) atoms. The Bertz CT molecular complexity index is 490. The highest BCUT2D eigenvalue weighted by Gasteiger charge is 2.54. The smallest absolute Gasteiger partial charge is 0.248 e. The molecule has 1 aliphatic carbocycles. The Morgan fingerprint density at radius 1 is 1.19 bits per heavy atom. The van der Waals surface area contributed by atoms with Crippen LogP contribution in [0.5, 0.6) is 0 Å². The molecule has 1 saturated carbocycles. The van der Waals surface area contributed by atoms with Gasteiger partial charge in [0.25, 0.3) is 0 Å². The van der Waals surface area contributed by atoms with E-state index in [0.29, 0.717) is 19.4 Å². The van der Waals surface area contributed by atoms with Crippen molar-refractivity contribution in [3.63, 3.8) is 0 Å². The summed E-state index contributed by atoms with van der Waals surface area (Å²) in [5.74, 6) is -0.0179. The number of carbonyl (C=O) groups is 2. The van der Waals surface area contributed by atoms with Crippen LogP contribution in [0.2, 0.25) is 0 Å². The van der Waals surface area contributed by atoms with Crippen molar-refractivity contribution in [2.24, 2.45) is 5.92 Å². The molecule has 3 rings (SSSR count). The predicted molar refractivity (Wildman–Crippen MR) is 103 cm³/mol. The van der Waals surface area contributed by atoms with E-state index in [1.165, 1.54) is 6.42 Å². The summed E-state index contributed by atoms with van der Waals surface area (Å²) in [7, 11) is 0. The average molecular weight is 388 g/mol. The molecule has 1 spiro atoms. The summed E-state index contributed by atoms with van der Waals surface area (Å²) < 4.78 is 0. The number of hydrogen-bond acceptors (Lipinski definition) is 4. The lowest BCUT2D eigenvalue weighted by atomic mass is 9.78. The molecule has 0 unspecified atom stereocenters. The van der Waals surface area contributed by atoms with Gasteiger partial charge in [-0.05, 0) is 51.1 Å². The fourth-order valence-electron chi connectivity index (χ4n) is 4.80. The van der Waals surface area contributed by atoms with Crippen LogP contribution in [0.4, 0.5) is 0 Å². The number of piperidine rings is 1. The van der Waals surface area contributed by atoms with E-state index in [0.717, 1.165) is 51.6 Å². The van der Waals surface area contributed by atoms with Crippen LogP contribution in [0.3, 0.4) is 0 Å². The van der Waals surface area contributed by atoms with Crippen molar-refractivity contribution in [3.8, 4) is 0 Å². The molecule has 150 valence electrons. The summed E-state index contributed by atoms with van der Waals surface area (Å²) in [5, 5.41) is 17.1. The van der Waals surface area contributed by atoms with Gasteiger partial charge >= 0.3 is 0 Å². The van der Waals surface area contributed by atoms with Gasteiger partial charge in [-0.25, -0.2) is 0 Å². The third kappa shape index (κ3) is 4.02. The number of amides is 2. The first-order valence-electron chi connectivity index (χ1n) is 10.1. The second kappa shape index (κ2) is 9.38. The molecule has 0 aromatic heterocycles. The van der Waals surface area contributed by atoms with Gasteiger partial charge in [-0.15, -0.1) is 12.4 Å². The molecule has 2 amide bonds. The summed E-state index contributed by atoms with van der Waals surface area (Å²) in [5.41, 5.74) is -0.722. The fourth-order valence-corrected chi connectivity index (χ4v) is 4.80. The van der Waals surface area contributed by atoms with Gasteiger partial charge in [-0.1, -0.05) is 32.6 Å². The van der Waals surface area contributed by atoms with Crippen molar-refractivity contribution < 1.29 is 14.7 Å². The predicted octanol–water partition coefficient (Wildman–Crippen LogP) is 1.60. The van der Waals surface area contributed by atoms with Crippen LogP contribution < -0.4 is 10.6 Å². The lowest BCUT2D eigenvalue weighted by Gasteiger charge is -2.51. The highest BCUT2D eigenvalue weighted by molar-refractivity contribution is 6.00. The molecule has 3 fully saturated rings. The zero-order valence-corrected chi connectivity index (χ0v) is 16.7. The number of unbranched alkanes of at least 4 members (excludes halogenated alkanes) is 1. The van der Waals surface area contributed by atoms with Crippen molar-refractivity contribution in [2.75, 3.05) is 19.6 Å². The number of aliphatic hydroxyl groups excluding tert-OH is 1. The SMILES string of the molecule is CCCCN1C(=O)[C@H]([C@@H](O)C2CCCCC2)NC(=O)C12CCNCC2.Cl. The summed E-state index contributed by atoms with van der Waals surface area (Å²) in [6.45, 7) is 4.20. The highest BCUT2D eigenvalue weighted by Crippen LogP contribution is 2.34. The number of piperazine rings is 1. The average Bonchev–Trinajstić information content (AvgIpc) is 2.66. The third-order valence-corrected chi connectivity index (χ3v) is 6.40. The molecule has 0 aromatic carbocycles. The van der Waals surface area contributed by atoms with Gasteiger partial charge in [0.1, 0.15) is 11.6 Å². The van der Waals surface area contributed by atoms with E-state index in [1.807, 2.05) is 4.90 Å². The Hall–Kier alpha value is -0.850. The largest absolute Gasteiger partial charge is 0.390 e. The van der Waals surface area contributed by atoms with Gasteiger partial charge in [-0.2, -0.15) is 0 Å². The topological polar surface area (TPSA) is 81.7 Å². The second-order valence-electron chi connectivity index (χ2n) is 7.96. The van der Waals surface area contributed by atoms with Crippen LogP contribution in [0.25, 0.3) is 0 Å². The fraction of sp³-hybridized carbons (Fsp3) is 0.895. The molecule has 6 nitrogen and oxygen atoms in total. The quantitative estimate of drug-likeness (QED) is 0.669. The molecule has 0 bridgehead atoms. The van der Waals surface area contributed by atoms with Gasteiger partial charge in [0.15, 0.2) is 0 Å². The minimum atomic E-state index is -0.770. The molecule has 2 atom stereocenters. The van der Waals surface area contributed by atoms with Crippen LogP contribution in [-0.2, 0) is 9.59 Å². The molecular formula is C19H34ClN3O3. The first-order valence-corrected chi connectivity index (χ1v) is 10.1. The number of halogens is 1. The van der Waals surface area contributed by atoms with Crippen LogP contribution in [0, 0.1) is 5.92 Å². The Labute approximate surface area is 162 Å². The summed E-state index contributed by atoms with van der Waals surface area (Å²) >= 11 is 0. The van der Waals surface area contributed by atoms with E-state index in [1.54, 1.807) is 0 Å². The molecule has 0 aromatic rings. The normalized spacial score (nSPS) is 27.8. The van der Waals surface area contributed by atoms with Crippen molar-refractivity contribution in [2.45, 2.75) is 82.4 Å². The first kappa shape index (κ1) is 21.5. The molecule has 0 radical (unpaired) electrons. The molecule has 2 saturated heterocycles. The Kier molecular flexibility index (Phi) is 7.74. The molecule has 2 aliphatic heterocycles. The number of aliphatic hydroxyl groups is 1. The van der Waals surface area contributed by atoms with E-state index < -0.39 is 17.7 Å². The van der Waals surface area contributed by atoms with E-state index >= 15 is 0 Å². The van der Waals surface area contributed by atoms with Gasteiger partial charge < -0.3 is 20.6 Å².